The first kappa shape index (κ1) is 23.7. The van der Waals surface area contributed by atoms with E-state index >= 15 is 0 Å². The largest absolute Gasteiger partial charge is 0.508 e. The Bertz CT molecular complexity index is 945. The first-order chi connectivity index (χ1) is 14.6. The first-order valence-corrected chi connectivity index (χ1v) is 9.85. The van der Waals surface area contributed by atoms with Gasteiger partial charge in [0, 0.05) is 22.7 Å². The Morgan fingerprint density at radius 1 is 1.06 bits per heavy atom. The van der Waals surface area contributed by atoms with E-state index in [1.165, 1.54) is 19.1 Å². The molecule has 2 aromatic rings. The van der Waals surface area contributed by atoms with Crippen LogP contribution in [0.1, 0.15) is 55.6 Å². The van der Waals surface area contributed by atoms with Gasteiger partial charge in [-0.1, -0.05) is 32.1 Å². The molecule has 3 N–H and O–H groups in total. The molecule has 0 radical (unpaired) electrons. The lowest BCUT2D eigenvalue weighted by Crippen LogP contribution is -2.29. The van der Waals surface area contributed by atoms with Gasteiger partial charge in [-0.2, -0.15) is 0 Å². The van der Waals surface area contributed by atoms with Crippen molar-refractivity contribution in [2.45, 2.75) is 39.7 Å². The molecule has 164 valence electrons. The number of carboxylic acids is 1. The number of phenols is 1. The number of nitrogens with one attached hydrogen (secondary N) is 1. The summed E-state index contributed by atoms with van der Waals surface area (Å²) in [6.45, 7) is 5.31. The Morgan fingerprint density at radius 3 is 2.23 bits per heavy atom. The molecule has 1 atom stereocenters. The molecule has 0 fully saturated rings. The van der Waals surface area contributed by atoms with Crippen molar-refractivity contribution in [3.8, 4) is 5.75 Å². The summed E-state index contributed by atoms with van der Waals surface area (Å²) < 4.78 is 5.76. The van der Waals surface area contributed by atoms with Crippen LogP contribution < -0.4 is 5.32 Å². The topological polar surface area (TPSA) is 113 Å². The second-order valence-electron chi connectivity index (χ2n) is 7.90. The lowest BCUT2D eigenvalue weighted by Gasteiger charge is -2.34. The minimum atomic E-state index is -1.01. The minimum Gasteiger partial charge on any atom is -0.508 e. The maximum atomic E-state index is 12.6. The van der Waals surface area contributed by atoms with Gasteiger partial charge in [-0.25, -0.2) is 9.59 Å². The number of Topliss-reactive ketones (excluding diaryl/α,β-unsaturated/α-hetero) is 1. The zero-order chi connectivity index (χ0) is 23.0. The van der Waals surface area contributed by atoms with Crippen molar-refractivity contribution in [1.29, 1.82) is 0 Å². The molecule has 31 heavy (non-hydrogen) atoms. The van der Waals surface area contributed by atoms with Crippen LogP contribution in [0.4, 0.5) is 10.5 Å². The molecule has 0 spiro atoms. The number of amides is 1. The Kier molecular flexibility index (Phi) is 7.96. The maximum absolute atomic E-state index is 12.6. The molecule has 0 saturated heterocycles. The number of ether oxygens (including phenoxy) is 1. The molecule has 2 aromatic carbocycles. The molecule has 0 saturated carbocycles. The molecule has 0 aliphatic carbocycles. The number of aromatic hydroxyl groups is 1. The lowest BCUT2D eigenvalue weighted by atomic mass is 9.78. The number of carbonyl (C=O) groups is 3. The van der Waals surface area contributed by atoms with Crippen molar-refractivity contribution in [3.63, 3.8) is 0 Å². The van der Waals surface area contributed by atoms with E-state index in [9.17, 15) is 19.5 Å². The average molecular weight is 425 g/mol. The third-order valence-electron chi connectivity index (χ3n) is 4.88. The zero-order valence-electron chi connectivity index (χ0n) is 17.8. The number of aliphatic carboxylic acids is 1. The summed E-state index contributed by atoms with van der Waals surface area (Å²) in [7, 11) is 0. The van der Waals surface area contributed by atoms with E-state index in [1.807, 2.05) is 13.8 Å². The van der Waals surface area contributed by atoms with E-state index in [2.05, 4.69) is 5.32 Å². The quantitative estimate of drug-likeness (QED) is 0.370. The molecule has 0 aliphatic rings. The summed E-state index contributed by atoms with van der Waals surface area (Å²) >= 11 is 0. The van der Waals surface area contributed by atoms with Gasteiger partial charge in [0.1, 0.15) is 11.9 Å². The molecule has 7 nitrogen and oxygen atoms in total. The molecular formula is C24H27NO6. The van der Waals surface area contributed by atoms with Gasteiger partial charge in [0.05, 0.1) is 0 Å². The fourth-order valence-corrected chi connectivity index (χ4v) is 3.14. The molecule has 0 aromatic heterocycles. The average Bonchev–Trinajstić information content (AvgIpc) is 2.70. The molecule has 7 heteroatoms. The van der Waals surface area contributed by atoms with Crippen molar-refractivity contribution in [2.24, 2.45) is 5.41 Å². The van der Waals surface area contributed by atoms with Crippen LogP contribution in [0, 0.1) is 5.41 Å². The molecule has 0 heterocycles. The van der Waals surface area contributed by atoms with E-state index < -0.39 is 23.6 Å². The number of carboxylic acid groups (broad SMARTS) is 1. The van der Waals surface area contributed by atoms with Gasteiger partial charge in [0.15, 0.2) is 5.78 Å². The van der Waals surface area contributed by atoms with Crippen LogP contribution in [0.5, 0.6) is 5.75 Å². The molecule has 0 unspecified atom stereocenters. The molecular weight excluding hydrogens is 398 g/mol. The second-order valence-corrected chi connectivity index (χ2v) is 7.90. The molecule has 0 bridgehead atoms. The number of hydrogen-bond donors (Lipinski definition) is 3. The van der Waals surface area contributed by atoms with Crippen LogP contribution in [0.2, 0.25) is 0 Å². The summed E-state index contributed by atoms with van der Waals surface area (Å²) in [5, 5.41) is 21.0. The number of hydrogen-bond acceptors (Lipinski definition) is 5. The van der Waals surface area contributed by atoms with Gasteiger partial charge in [-0.15, -0.1) is 0 Å². The van der Waals surface area contributed by atoms with Crippen LogP contribution in [-0.4, -0.2) is 28.1 Å². The molecule has 0 aliphatic heterocycles. The SMILES string of the molecule is CC(=O)c1ccc(NC(=O)O[C@@H](c2ccc(O)cc2)C(C)(C)CC/C=C/C(=O)O)cc1. The van der Waals surface area contributed by atoms with Crippen molar-refractivity contribution in [2.75, 3.05) is 5.32 Å². The van der Waals surface area contributed by atoms with E-state index in [1.54, 1.807) is 42.5 Å². The van der Waals surface area contributed by atoms with Crippen LogP contribution in [0.3, 0.4) is 0 Å². The Balaban J connectivity index is 2.17. The highest BCUT2D eigenvalue weighted by atomic mass is 16.6. The first-order valence-electron chi connectivity index (χ1n) is 9.85. The molecule has 2 rings (SSSR count). The van der Waals surface area contributed by atoms with Crippen molar-refractivity contribution in [3.05, 3.63) is 71.8 Å². The predicted octanol–water partition coefficient (Wildman–Crippen LogP) is 5.33. The molecule has 1 amide bonds. The summed E-state index contributed by atoms with van der Waals surface area (Å²) in [6, 6.07) is 12.9. The van der Waals surface area contributed by atoms with Gasteiger partial charge >= 0.3 is 12.1 Å². The smallest absolute Gasteiger partial charge is 0.412 e. The van der Waals surface area contributed by atoms with E-state index in [0.717, 1.165) is 6.08 Å². The number of benzene rings is 2. The van der Waals surface area contributed by atoms with Crippen molar-refractivity contribution in [1.82, 2.24) is 0 Å². The number of carbonyl (C=O) groups excluding carboxylic acids is 2. The Labute approximate surface area is 181 Å². The lowest BCUT2D eigenvalue weighted by molar-refractivity contribution is -0.131. The standard InChI is InChI=1S/C24H27NO6/c1-16(26)17-7-11-19(12-8-17)25-23(30)31-22(18-9-13-20(27)14-10-18)24(2,3)15-5-4-6-21(28)29/h4,6-14,22,27H,5,15H2,1-3H3,(H,25,30)(H,28,29)/b6-4+/t22-/m0/s1. The second kappa shape index (κ2) is 10.4. The van der Waals surface area contributed by atoms with Crippen LogP contribution in [0.25, 0.3) is 0 Å². The van der Waals surface area contributed by atoms with Crippen LogP contribution >= 0.6 is 0 Å². The number of phenolic OH excluding ortho intramolecular Hbond substituents is 1. The number of rotatable bonds is 9. The summed E-state index contributed by atoms with van der Waals surface area (Å²) in [4.78, 5) is 34.7. The highest BCUT2D eigenvalue weighted by Crippen LogP contribution is 2.41. The van der Waals surface area contributed by atoms with Gasteiger partial charge in [-0.3, -0.25) is 10.1 Å². The zero-order valence-corrected chi connectivity index (χ0v) is 17.8. The van der Waals surface area contributed by atoms with Crippen molar-refractivity contribution >= 4 is 23.5 Å². The van der Waals surface area contributed by atoms with Crippen LogP contribution in [-0.2, 0) is 9.53 Å². The Hall–Kier alpha value is -3.61. The van der Waals surface area contributed by atoms with E-state index in [-0.39, 0.29) is 11.5 Å². The maximum Gasteiger partial charge on any atom is 0.412 e. The van der Waals surface area contributed by atoms with Gasteiger partial charge in [0.2, 0.25) is 0 Å². The van der Waals surface area contributed by atoms with Crippen LogP contribution in [0.15, 0.2) is 60.7 Å². The monoisotopic (exact) mass is 425 g/mol. The van der Waals surface area contributed by atoms with E-state index in [4.69, 9.17) is 9.84 Å². The normalized spacial score (nSPS) is 12.4. The van der Waals surface area contributed by atoms with E-state index in [0.29, 0.717) is 29.7 Å². The highest BCUT2D eigenvalue weighted by Gasteiger charge is 2.34. The number of allylic oxidation sites excluding steroid dienone is 1. The number of anilines is 1. The highest BCUT2D eigenvalue weighted by molar-refractivity contribution is 5.95. The van der Waals surface area contributed by atoms with Gasteiger partial charge in [0.25, 0.3) is 0 Å². The fraction of sp³-hybridized carbons (Fsp3) is 0.292. The van der Waals surface area contributed by atoms with Gasteiger partial charge in [-0.05, 0) is 61.7 Å². The van der Waals surface area contributed by atoms with Crippen molar-refractivity contribution < 1.29 is 29.3 Å². The third-order valence-corrected chi connectivity index (χ3v) is 4.88. The Morgan fingerprint density at radius 2 is 1.68 bits per heavy atom. The predicted molar refractivity (Wildman–Crippen MR) is 117 cm³/mol. The summed E-state index contributed by atoms with van der Waals surface area (Å²) in [5.74, 6) is -0.987. The summed E-state index contributed by atoms with van der Waals surface area (Å²) in [6.07, 6.45) is 2.39. The number of ketones is 1. The minimum absolute atomic E-state index is 0.0692. The summed E-state index contributed by atoms with van der Waals surface area (Å²) in [5.41, 5.74) is 1.19. The van der Waals surface area contributed by atoms with Gasteiger partial charge < -0.3 is 14.9 Å². The fourth-order valence-electron chi connectivity index (χ4n) is 3.14. The third kappa shape index (κ3) is 7.29.